The van der Waals surface area contributed by atoms with Crippen LogP contribution in [0.2, 0.25) is 0 Å². The summed E-state index contributed by atoms with van der Waals surface area (Å²) < 4.78 is 6.99. The first-order valence-corrected chi connectivity index (χ1v) is 10.6. The number of hydrogen-bond acceptors (Lipinski definition) is 4. The molecule has 31 heavy (non-hydrogen) atoms. The lowest BCUT2D eigenvalue weighted by molar-refractivity contribution is 0.132. The molecule has 0 aliphatic heterocycles. The van der Waals surface area contributed by atoms with E-state index in [9.17, 15) is 0 Å². The van der Waals surface area contributed by atoms with Gasteiger partial charge in [-0.25, -0.2) is 0 Å². The Morgan fingerprint density at radius 2 is 1.68 bits per heavy atom. The van der Waals surface area contributed by atoms with Crippen LogP contribution in [0.4, 0.5) is 0 Å². The standard InChI is InChI=1S/C26H19BrN2O2/c27-25-11-12-26(30-17-19-9-10-20-5-1-2-6-21(20)13-19)24(14-25)16-29-31-18-23-8-4-3-7-22(23)15-28/h1-14,16H,17-18H2/b29-16-. The van der Waals surface area contributed by atoms with E-state index in [-0.39, 0.29) is 6.61 Å². The van der Waals surface area contributed by atoms with Gasteiger partial charge in [-0.2, -0.15) is 5.26 Å². The quantitative estimate of drug-likeness (QED) is 0.225. The first-order chi connectivity index (χ1) is 15.2. The number of nitriles is 1. The zero-order valence-corrected chi connectivity index (χ0v) is 18.2. The molecule has 0 saturated heterocycles. The second-order valence-electron chi connectivity index (χ2n) is 6.93. The van der Waals surface area contributed by atoms with Gasteiger partial charge in [-0.1, -0.05) is 75.7 Å². The molecule has 0 aliphatic carbocycles. The summed E-state index contributed by atoms with van der Waals surface area (Å²) in [6.07, 6.45) is 1.62. The molecule has 4 aromatic rings. The van der Waals surface area contributed by atoms with Gasteiger partial charge in [0.25, 0.3) is 0 Å². The van der Waals surface area contributed by atoms with E-state index >= 15 is 0 Å². The first-order valence-electron chi connectivity index (χ1n) is 9.76. The lowest BCUT2D eigenvalue weighted by atomic mass is 10.1. The Bertz CT molecular complexity index is 1280. The minimum Gasteiger partial charge on any atom is -0.488 e. The largest absolute Gasteiger partial charge is 0.488 e. The van der Waals surface area contributed by atoms with Crippen LogP contribution in [0.15, 0.2) is 94.6 Å². The molecule has 152 valence electrons. The molecule has 4 rings (SSSR count). The van der Waals surface area contributed by atoms with E-state index in [0.29, 0.717) is 17.9 Å². The maximum Gasteiger partial charge on any atom is 0.143 e. The van der Waals surface area contributed by atoms with Gasteiger partial charge >= 0.3 is 0 Å². The first kappa shape index (κ1) is 20.6. The summed E-state index contributed by atoms with van der Waals surface area (Å²) in [5.41, 5.74) is 3.27. The van der Waals surface area contributed by atoms with Crippen molar-refractivity contribution in [2.24, 2.45) is 5.16 Å². The predicted molar refractivity (Wildman–Crippen MR) is 126 cm³/mol. The van der Waals surface area contributed by atoms with Crippen LogP contribution in [-0.2, 0) is 18.1 Å². The van der Waals surface area contributed by atoms with E-state index in [1.54, 1.807) is 12.3 Å². The zero-order valence-electron chi connectivity index (χ0n) is 16.7. The molecule has 0 bridgehead atoms. The SMILES string of the molecule is N#Cc1ccccc1CO/N=C\c1cc(Br)ccc1OCc1ccc2ccccc2c1. The fourth-order valence-electron chi connectivity index (χ4n) is 3.20. The van der Waals surface area contributed by atoms with Gasteiger partial charge in [-0.05, 0) is 46.7 Å². The summed E-state index contributed by atoms with van der Waals surface area (Å²) in [7, 11) is 0. The van der Waals surface area contributed by atoms with Crippen molar-refractivity contribution in [3.63, 3.8) is 0 Å². The molecule has 4 aromatic carbocycles. The molecule has 0 amide bonds. The molecule has 0 radical (unpaired) electrons. The van der Waals surface area contributed by atoms with E-state index in [4.69, 9.17) is 14.8 Å². The summed E-state index contributed by atoms with van der Waals surface area (Å²) in [6, 6.07) is 29.8. The molecule has 0 heterocycles. The summed E-state index contributed by atoms with van der Waals surface area (Å²) in [5.74, 6) is 0.709. The van der Waals surface area contributed by atoms with E-state index in [2.05, 4.69) is 57.5 Å². The molecule has 0 saturated carbocycles. The smallest absolute Gasteiger partial charge is 0.143 e. The Morgan fingerprint density at radius 3 is 2.55 bits per heavy atom. The van der Waals surface area contributed by atoms with Crippen molar-refractivity contribution in [2.45, 2.75) is 13.2 Å². The second kappa shape index (κ2) is 9.92. The summed E-state index contributed by atoms with van der Waals surface area (Å²) >= 11 is 3.49. The van der Waals surface area contributed by atoms with E-state index < -0.39 is 0 Å². The van der Waals surface area contributed by atoms with Gasteiger partial charge in [-0.3, -0.25) is 0 Å². The van der Waals surface area contributed by atoms with Crippen LogP contribution in [0.1, 0.15) is 22.3 Å². The fourth-order valence-corrected chi connectivity index (χ4v) is 3.58. The summed E-state index contributed by atoms with van der Waals surface area (Å²) in [5, 5.41) is 15.6. The number of hydrogen-bond donors (Lipinski definition) is 0. The average Bonchev–Trinajstić information content (AvgIpc) is 2.81. The van der Waals surface area contributed by atoms with Gasteiger partial charge in [-0.15, -0.1) is 0 Å². The number of halogens is 1. The fraction of sp³-hybridized carbons (Fsp3) is 0.0769. The molecule has 0 spiro atoms. The molecule has 0 unspecified atom stereocenters. The van der Waals surface area contributed by atoms with E-state index in [0.717, 1.165) is 21.2 Å². The molecular formula is C26H19BrN2O2. The molecular weight excluding hydrogens is 452 g/mol. The van der Waals surface area contributed by atoms with Crippen LogP contribution < -0.4 is 4.74 Å². The van der Waals surface area contributed by atoms with Crippen LogP contribution in [0.5, 0.6) is 5.75 Å². The van der Waals surface area contributed by atoms with Crippen molar-refractivity contribution in [2.75, 3.05) is 0 Å². The third kappa shape index (κ3) is 5.30. The zero-order chi connectivity index (χ0) is 21.5. The van der Waals surface area contributed by atoms with Gasteiger partial charge in [0, 0.05) is 15.6 Å². The third-order valence-corrected chi connectivity index (χ3v) is 5.30. The monoisotopic (exact) mass is 470 g/mol. The molecule has 0 atom stereocenters. The van der Waals surface area contributed by atoms with Crippen molar-refractivity contribution in [3.8, 4) is 11.8 Å². The topological polar surface area (TPSA) is 54.6 Å². The van der Waals surface area contributed by atoms with E-state index in [1.165, 1.54) is 10.8 Å². The Kier molecular flexibility index (Phi) is 6.61. The van der Waals surface area contributed by atoms with Gasteiger partial charge in [0.2, 0.25) is 0 Å². The van der Waals surface area contributed by atoms with Crippen LogP contribution in [0, 0.1) is 11.3 Å². The predicted octanol–water partition coefficient (Wildman–Crippen LogP) is 6.60. The Balaban J connectivity index is 1.44. The van der Waals surface area contributed by atoms with Gasteiger partial charge in [0.1, 0.15) is 19.0 Å². The van der Waals surface area contributed by atoms with Gasteiger partial charge in [0.05, 0.1) is 17.8 Å². The lowest BCUT2D eigenvalue weighted by Gasteiger charge is -2.10. The maximum atomic E-state index is 9.17. The highest BCUT2D eigenvalue weighted by molar-refractivity contribution is 9.10. The molecule has 0 fully saturated rings. The Labute approximate surface area is 189 Å². The number of rotatable bonds is 7. The van der Waals surface area contributed by atoms with Gasteiger partial charge in [0.15, 0.2) is 0 Å². The minimum atomic E-state index is 0.224. The van der Waals surface area contributed by atoms with Crippen molar-refractivity contribution in [1.82, 2.24) is 0 Å². The number of fused-ring (bicyclic) bond motifs is 1. The molecule has 5 heteroatoms. The van der Waals surface area contributed by atoms with Crippen molar-refractivity contribution >= 4 is 32.9 Å². The molecule has 0 N–H and O–H groups in total. The highest BCUT2D eigenvalue weighted by Crippen LogP contribution is 2.24. The minimum absolute atomic E-state index is 0.224. The average molecular weight is 471 g/mol. The van der Waals surface area contributed by atoms with Crippen molar-refractivity contribution < 1.29 is 9.57 Å². The van der Waals surface area contributed by atoms with E-state index in [1.807, 2.05) is 48.5 Å². The van der Waals surface area contributed by atoms with Crippen LogP contribution in [-0.4, -0.2) is 6.21 Å². The summed E-state index contributed by atoms with van der Waals surface area (Å²) in [6.45, 7) is 0.672. The highest BCUT2D eigenvalue weighted by Gasteiger charge is 2.05. The number of benzene rings is 4. The number of ether oxygens (including phenoxy) is 1. The normalized spacial score (nSPS) is 10.8. The van der Waals surface area contributed by atoms with Gasteiger partial charge < -0.3 is 9.57 Å². The third-order valence-electron chi connectivity index (χ3n) is 4.80. The number of nitrogens with zero attached hydrogens (tertiary/aromatic N) is 2. The van der Waals surface area contributed by atoms with Crippen LogP contribution in [0.25, 0.3) is 10.8 Å². The second-order valence-corrected chi connectivity index (χ2v) is 7.84. The Hall–Kier alpha value is -3.62. The molecule has 4 nitrogen and oxygen atoms in total. The maximum absolute atomic E-state index is 9.17. The van der Waals surface area contributed by atoms with Crippen LogP contribution in [0.3, 0.4) is 0 Å². The van der Waals surface area contributed by atoms with Crippen molar-refractivity contribution in [3.05, 3.63) is 112 Å². The van der Waals surface area contributed by atoms with Crippen LogP contribution >= 0.6 is 15.9 Å². The highest BCUT2D eigenvalue weighted by atomic mass is 79.9. The van der Waals surface area contributed by atoms with Crippen molar-refractivity contribution in [1.29, 1.82) is 5.26 Å². The Morgan fingerprint density at radius 1 is 0.871 bits per heavy atom. The summed E-state index contributed by atoms with van der Waals surface area (Å²) in [4.78, 5) is 5.42. The number of oxime groups is 1. The molecule has 0 aromatic heterocycles. The lowest BCUT2D eigenvalue weighted by Crippen LogP contribution is -1.99. The molecule has 0 aliphatic rings.